The summed E-state index contributed by atoms with van der Waals surface area (Å²) < 4.78 is 6.01. The molecule has 3 rings (SSSR count). The fourth-order valence-electron chi connectivity index (χ4n) is 2.00. The molecule has 5 heteroatoms. The highest BCUT2D eigenvalue weighted by Gasteiger charge is 2.45. The Hall–Kier alpha value is -1.62. The predicted molar refractivity (Wildman–Crippen MR) is 70.1 cm³/mol. The van der Waals surface area contributed by atoms with E-state index in [1.165, 1.54) is 0 Å². The van der Waals surface area contributed by atoms with Crippen LogP contribution in [0.25, 0.3) is 0 Å². The Balaban J connectivity index is 1.64. The molecule has 0 bridgehead atoms. The largest absolute Gasteiger partial charge is 0.469 e. The van der Waals surface area contributed by atoms with E-state index in [0.29, 0.717) is 10.4 Å². The first kappa shape index (κ1) is 11.5. The van der Waals surface area contributed by atoms with E-state index in [1.54, 1.807) is 12.3 Å². The van der Waals surface area contributed by atoms with Gasteiger partial charge in [0.2, 0.25) is 5.91 Å². The van der Waals surface area contributed by atoms with Crippen molar-refractivity contribution in [1.29, 1.82) is 0 Å². The summed E-state index contributed by atoms with van der Waals surface area (Å²) in [4.78, 5) is 16.2. The van der Waals surface area contributed by atoms with Gasteiger partial charge in [0.1, 0.15) is 16.2 Å². The lowest BCUT2D eigenvalue weighted by atomic mass is 10.2. The van der Waals surface area contributed by atoms with Crippen LogP contribution >= 0.6 is 15.9 Å². The molecular weight excluding hydrogens is 296 g/mol. The number of amides is 1. The van der Waals surface area contributed by atoms with E-state index in [-0.39, 0.29) is 17.7 Å². The lowest BCUT2D eigenvalue weighted by Crippen LogP contribution is -2.15. The van der Waals surface area contributed by atoms with Crippen LogP contribution in [0, 0.1) is 5.92 Å². The normalized spacial score (nSPS) is 21.6. The molecule has 92 valence electrons. The Labute approximate surface area is 113 Å². The minimum atomic E-state index is -0.00284. The molecule has 1 fully saturated rings. The van der Waals surface area contributed by atoms with E-state index in [0.717, 1.165) is 12.2 Å². The van der Waals surface area contributed by atoms with Crippen LogP contribution in [-0.2, 0) is 4.79 Å². The molecule has 0 aromatic carbocycles. The standard InChI is InChI=1S/C13H11BrN2O2/c14-11-4-1-5-12(15-11)16-13(17)9-7-8(9)10-3-2-6-18-10/h1-6,8-9H,7H2,(H,15,16,17)/t8-,9+/m1/s1. The molecule has 2 aromatic heterocycles. The zero-order valence-electron chi connectivity index (χ0n) is 9.47. The van der Waals surface area contributed by atoms with Crippen LogP contribution in [0.5, 0.6) is 0 Å². The van der Waals surface area contributed by atoms with Crippen molar-refractivity contribution in [2.75, 3.05) is 5.32 Å². The second-order valence-corrected chi connectivity index (χ2v) is 5.11. The lowest BCUT2D eigenvalue weighted by molar-refractivity contribution is -0.117. The van der Waals surface area contributed by atoms with Crippen LogP contribution in [0.3, 0.4) is 0 Å². The number of carbonyl (C=O) groups excluding carboxylic acids is 1. The fourth-order valence-corrected chi connectivity index (χ4v) is 2.34. The summed E-state index contributed by atoms with van der Waals surface area (Å²) in [6.07, 6.45) is 2.48. The first-order valence-electron chi connectivity index (χ1n) is 5.71. The second-order valence-electron chi connectivity index (χ2n) is 4.30. The first-order valence-corrected chi connectivity index (χ1v) is 6.50. The molecule has 2 heterocycles. The molecular formula is C13H11BrN2O2. The maximum absolute atomic E-state index is 12.0. The number of hydrogen-bond acceptors (Lipinski definition) is 3. The number of carbonyl (C=O) groups is 1. The molecule has 0 saturated heterocycles. The van der Waals surface area contributed by atoms with Gasteiger partial charge in [-0.3, -0.25) is 4.79 Å². The molecule has 1 aliphatic carbocycles. The monoisotopic (exact) mass is 306 g/mol. The Morgan fingerprint density at radius 1 is 1.39 bits per heavy atom. The zero-order valence-corrected chi connectivity index (χ0v) is 11.1. The highest BCUT2D eigenvalue weighted by atomic mass is 79.9. The summed E-state index contributed by atoms with van der Waals surface area (Å²) >= 11 is 3.27. The highest BCUT2D eigenvalue weighted by Crippen LogP contribution is 2.48. The topological polar surface area (TPSA) is 55.1 Å². The Morgan fingerprint density at radius 2 is 2.28 bits per heavy atom. The van der Waals surface area contributed by atoms with E-state index in [4.69, 9.17) is 4.42 Å². The van der Waals surface area contributed by atoms with Crippen molar-refractivity contribution in [2.24, 2.45) is 5.92 Å². The molecule has 18 heavy (non-hydrogen) atoms. The van der Waals surface area contributed by atoms with Gasteiger partial charge in [-0.25, -0.2) is 4.98 Å². The van der Waals surface area contributed by atoms with Gasteiger partial charge < -0.3 is 9.73 Å². The average Bonchev–Trinajstić information content (AvgIpc) is 2.96. The van der Waals surface area contributed by atoms with E-state index in [2.05, 4.69) is 26.2 Å². The minimum absolute atomic E-state index is 0.00185. The third kappa shape index (κ3) is 2.31. The van der Waals surface area contributed by atoms with Gasteiger partial charge in [0.25, 0.3) is 0 Å². The number of halogens is 1. The van der Waals surface area contributed by atoms with E-state index < -0.39 is 0 Å². The Morgan fingerprint density at radius 3 is 3.00 bits per heavy atom. The molecule has 0 aliphatic heterocycles. The van der Waals surface area contributed by atoms with Gasteiger partial charge in [-0.05, 0) is 46.6 Å². The lowest BCUT2D eigenvalue weighted by Gasteiger charge is -2.03. The van der Waals surface area contributed by atoms with Crippen LogP contribution in [0.15, 0.2) is 45.6 Å². The molecule has 1 N–H and O–H groups in total. The van der Waals surface area contributed by atoms with E-state index >= 15 is 0 Å². The van der Waals surface area contributed by atoms with Gasteiger partial charge in [0, 0.05) is 11.8 Å². The van der Waals surface area contributed by atoms with Crippen LogP contribution in [-0.4, -0.2) is 10.9 Å². The average molecular weight is 307 g/mol. The summed E-state index contributed by atoms with van der Waals surface area (Å²) in [5, 5.41) is 2.81. The first-order chi connectivity index (χ1) is 8.74. The molecule has 2 atom stereocenters. The van der Waals surface area contributed by atoms with Crippen LogP contribution in [0.1, 0.15) is 18.1 Å². The summed E-state index contributed by atoms with van der Waals surface area (Å²) in [5.41, 5.74) is 0. The van der Waals surface area contributed by atoms with Crippen molar-refractivity contribution in [2.45, 2.75) is 12.3 Å². The number of aromatic nitrogens is 1. The van der Waals surface area contributed by atoms with Crippen molar-refractivity contribution in [3.8, 4) is 0 Å². The number of hydrogen-bond donors (Lipinski definition) is 1. The second kappa shape index (κ2) is 4.57. The summed E-state index contributed by atoms with van der Waals surface area (Å²) in [5.74, 6) is 1.67. The third-order valence-corrected chi connectivity index (χ3v) is 3.44. The van der Waals surface area contributed by atoms with Gasteiger partial charge >= 0.3 is 0 Å². The van der Waals surface area contributed by atoms with Crippen LogP contribution in [0.4, 0.5) is 5.82 Å². The molecule has 0 unspecified atom stereocenters. The third-order valence-electron chi connectivity index (χ3n) is 3.00. The molecule has 0 spiro atoms. The van der Waals surface area contributed by atoms with Gasteiger partial charge in [-0.2, -0.15) is 0 Å². The van der Waals surface area contributed by atoms with Crippen LogP contribution in [0.2, 0.25) is 0 Å². The molecule has 1 amide bonds. The number of rotatable bonds is 3. The number of furan rings is 1. The summed E-state index contributed by atoms with van der Waals surface area (Å²) in [6.45, 7) is 0. The van der Waals surface area contributed by atoms with Gasteiger partial charge in [-0.1, -0.05) is 6.07 Å². The molecule has 2 aromatic rings. The quantitative estimate of drug-likeness (QED) is 0.886. The maximum atomic E-state index is 12.0. The molecule has 1 aliphatic rings. The van der Waals surface area contributed by atoms with Crippen molar-refractivity contribution in [1.82, 2.24) is 4.98 Å². The van der Waals surface area contributed by atoms with Gasteiger partial charge in [0.15, 0.2) is 0 Å². The maximum Gasteiger partial charge on any atom is 0.229 e. The SMILES string of the molecule is O=C(Nc1cccc(Br)n1)[C@H]1C[C@H]1c1ccco1. The Bertz CT molecular complexity index is 568. The smallest absolute Gasteiger partial charge is 0.229 e. The zero-order chi connectivity index (χ0) is 12.5. The molecule has 1 saturated carbocycles. The van der Waals surface area contributed by atoms with Gasteiger partial charge in [-0.15, -0.1) is 0 Å². The van der Waals surface area contributed by atoms with Crippen LogP contribution < -0.4 is 5.32 Å². The number of pyridine rings is 1. The molecule has 4 nitrogen and oxygen atoms in total. The van der Waals surface area contributed by atoms with Crippen molar-refractivity contribution < 1.29 is 9.21 Å². The van der Waals surface area contributed by atoms with Crippen molar-refractivity contribution >= 4 is 27.7 Å². The number of anilines is 1. The summed E-state index contributed by atoms with van der Waals surface area (Å²) in [6, 6.07) is 9.18. The fraction of sp³-hybridized carbons (Fsp3) is 0.231. The molecule has 0 radical (unpaired) electrons. The van der Waals surface area contributed by atoms with E-state index in [9.17, 15) is 4.79 Å². The van der Waals surface area contributed by atoms with E-state index in [1.807, 2.05) is 24.3 Å². The minimum Gasteiger partial charge on any atom is -0.469 e. The van der Waals surface area contributed by atoms with Crippen molar-refractivity contribution in [3.63, 3.8) is 0 Å². The van der Waals surface area contributed by atoms with Gasteiger partial charge in [0.05, 0.1) is 6.26 Å². The Kier molecular flexibility index (Phi) is 2.91. The predicted octanol–water partition coefficient (Wildman–Crippen LogP) is 3.18. The summed E-state index contributed by atoms with van der Waals surface area (Å²) in [7, 11) is 0. The van der Waals surface area contributed by atoms with Crippen molar-refractivity contribution in [3.05, 3.63) is 47.0 Å². The number of nitrogens with zero attached hydrogens (tertiary/aromatic N) is 1. The number of nitrogens with one attached hydrogen (secondary N) is 1. The highest BCUT2D eigenvalue weighted by molar-refractivity contribution is 9.10.